The van der Waals surface area contributed by atoms with Crippen molar-refractivity contribution < 1.29 is 5.11 Å². The Labute approximate surface area is 104 Å². The van der Waals surface area contributed by atoms with Gasteiger partial charge in [-0.3, -0.25) is 4.90 Å². The van der Waals surface area contributed by atoms with Gasteiger partial charge in [-0.25, -0.2) is 0 Å². The normalized spacial score (nSPS) is 21.3. The molecule has 2 heteroatoms. The number of phenolic OH excluding ortho intramolecular Hbond substituents is 1. The lowest BCUT2D eigenvalue weighted by Gasteiger charge is -2.27. The Morgan fingerprint density at radius 1 is 1.41 bits per heavy atom. The maximum absolute atomic E-state index is 9.89. The Morgan fingerprint density at radius 3 is 2.88 bits per heavy atom. The molecule has 94 valence electrons. The van der Waals surface area contributed by atoms with Crippen molar-refractivity contribution in [2.24, 2.45) is 5.92 Å². The molecule has 0 saturated carbocycles. The van der Waals surface area contributed by atoms with Crippen molar-refractivity contribution in [3.8, 4) is 5.75 Å². The monoisotopic (exact) mass is 233 g/mol. The molecular weight excluding hydrogens is 210 g/mol. The highest BCUT2D eigenvalue weighted by molar-refractivity contribution is 5.35. The summed E-state index contributed by atoms with van der Waals surface area (Å²) in [6.45, 7) is 8.71. The fourth-order valence-corrected chi connectivity index (χ4v) is 2.86. The summed E-state index contributed by atoms with van der Waals surface area (Å²) in [4.78, 5) is 2.51. The summed E-state index contributed by atoms with van der Waals surface area (Å²) < 4.78 is 0. The van der Waals surface area contributed by atoms with Gasteiger partial charge in [0.05, 0.1) is 0 Å². The van der Waals surface area contributed by atoms with Gasteiger partial charge in [0.25, 0.3) is 0 Å². The van der Waals surface area contributed by atoms with Crippen LogP contribution >= 0.6 is 0 Å². The highest BCUT2D eigenvalue weighted by Gasteiger charge is 2.27. The van der Waals surface area contributed by atoms with Crippen molar-refractivity contribution in [2.45, 2.75) is 46.2 Å². The summed E-state index contributed by atoms with van der Waals surface area (Å²) >= 11 is 0. The minimum absolute atomic E-state index is 0.435. The van der Waals surface area contributed by atoms with Crippen LogP contribution in [0, 0.1) is 12.8 Å². The Kier molecular flexibility index (Phi) is 3.72. The summed E-state index contributed by atoms with van der Waals surface area (Å²) in [5.41, 5.74) is 2.29. The minimum atomic E-state index is 0.435. The second-order valence-electron chi connectivity index (χ2n) is 5.56. The number of nitrogens with zero attached hydrogens (tertiary/aromatic N) is 1. The number of aromatic hydroxyl groups is 1. The maximum Gasteiger partial charge on any atom is 0.120 e. The Hall–Kier alpha value is -1.02. The molecule has 0 amide bonds. The van der Waals surface area contributed by atoms with Crippen molar-refractivity contribution in [3.63, 3.8) is 0 Å². The van der Waals surface area contributed by atoms with E-state index in [1.165, 1.54) is 18.4 Å². The van der Waals surface area contributed by atoms with Crippen LogP contribution < -0.4 is 0 Å². The van der Waals surface area contributed by atoms with Crippen molar-refractivity contribution >= 4 is 0 Å². The lowest BCUT2D eigenvalue weighted by Crippen LogP contribution is -2.32. The Bertz CT molecular complexity index is 387. The number of hydrogen-bond acceptors (Lipinski definition) is 2. The molecule has 1 fully saturated rings. The van der Waals surface area contributed by atoms with Crippen LogP contribution in [0.2, 0.25) is 0 Å². The van der Waals surface area contributed by atoms with Gasteiger partial charge in [0.2, 0.25) is 0 Å². The fraction of sp³-hybridized carbons (Fsp3) is 0.600. The van der Waals surface area contributed by atoms with Gasteiger partial charge < -0.3 is 5.11 Å². The number of hydrogen-bond donors (Lipinski definition) is 1. The third-order valence-corrected chi connectivity index (χ3v) is 3.79. The van der Waals surface area contributed by atoms with E-state index in [9.17, 15) is 5.11 Å². The van der Waals surface area contributed by atoms with Crippen LogP contribution in [0.5, 0.6) is 5.75 Å². The average molecular weight is 233 g/mol. The van der Waals surface area contributed by atoms with Crippen LogP contribution in [-0.2, 0) is 6.54 Å². The van der Waals surface area contributed by atoms with E-state index >= 15 is 0 Å². The molecule has 1 saturated heterocycles. The average Bonchev–Trinajstić information content (AvgIpc) is 2.71. The molecule has 2 nitrogen and oxygen atoms in total. The second kappa shape index (κ2) is 5.09. The first-order chi connectivity index (χ1) is 8.08. The molecule has 1 aromatic carbocycles. The first-order valence-electron chi connectivity index (χ1n) is 6.60. The molecule has 0 radical (unpaired) electrons. The first-order valence-corrected chi connectivity index (χ1v) is 6.60. The zero-order chi connectivity index (χ0) is 12.4. The fourth-order valence-electron chi connectivity index (χ4n) is 2.86. The summed E-state index contributed by atoms with van der Waals surface area (Å²) in [5, 5.41) is 9.89. The third-order valence-electron chi connectivity index (χ3n) is 3.79. The maximum atomic E-state index is 9.89. The Balaban J connectivity index is 2.12. The van der Waals surface area contributed by atoms with Gasteiger partial charge in [0.15, 0.2) is 0 Å². The van der Waals surface area contributed by atoms with Gasteiger partial charge in [0.1, 0.15) is 5.75 Å². The molecule has 0 aliphatic carbocycles. The molecule has 1 unspecified atom stereocenters. The molecule has 1 N–H and O–H groups in total. The lowest BCUT2D eigenvalue weighted by atomic mass is 10.0. The van der Waals surface area contributed by atoms with E-state index in [1.54, 1.807) is 0 Å². The van der Waals surface area contributed by atoms with E-state index in [0.717, 1.165) is 18.7 Å². The SMILES string of the molecule is Cc1ccc(O)c(CN2CCCC2C(C)C)c1. The highest BCUT2D eigenvalue weighted by atomic mass is 16.3. The topological polar surface area (TPSA) is 23.5 Å². The van der Waals surface area contributed by atoms with Crippen LogP contribution in [0.25, 0.3) is 0 Å². The van der Waals surface area contributed by atoms with Crippen LogP contribution in [0.1, 0.15) is 37.8 Å². The van der Waals surface area contributed by atoms with Gasteiger partial charge in [-0.1, -0.05) is 31.5 Å². The number of aryl methyl sites for hydroxylation is 1. The number of benzene rings is 1. The van der Waals surface area contributed by atoms with Crippen LogP contribution in [0.3, 0.4) is 0 Å². The third kappa shape index (κ3) is 2.81. The van der Waals surface area contributed by atoms with Gasteiger partial charge in [0, 0.05) is 18.2 Å². The minimum Gasteiger partial charge on any atom is -0.508 e. The lowest BCUT2D eigenvalue weighted by molar-refractivity contribution is 0.197. The molecule has 0 spiro atoms. The largest absolute Gasteiger partial charge is 0.508 e. The van der Waals surface area contributed by atoms with Gasteiger partial charge in [-0.15, -0.1) is 0 Å². The van der Waals surface area contributed by atoms with Crippen LogP contribution in [-0.4, -0.2) is 22.6 Å². The second-order valence-corrected chi connectivity index (χ2v) is 5.56. The molecule has 1 aliphatic rings. The predicted molar refractivity (Wildman–Crippen MR) is 71.1 cm³/mol. The molecule has 0 bridgehead atoms. The Morgan fingerprint density at radius 2 is 2.18 bits per heavy atom. The molecule has 2 rings (SSSR count). The standard InChI is InChI=1S/C15H23NO/c1-11(2)14-5-4-8-16(14)10-13-9-12(3)6-7-15(13)17/h6-7,9,11,14,17H,4-5,8,10H2,1-3H3. The zero-order valence-electron chi connectivity index (χ0n) is 11.1. The van der Waals surface area contributed by atoms with Gasteiger partial charge in [-0.05, 0) is 38.3 Å². The quantitative estimate of drug-likeness (QED) is 0.865. The molecule has 1 atom stereocenters. The van der Waals surface area contributed by atoms with Crippen molar-refractivity contribution in [1.29, 1.82) is 0 Å². The molecule has 0 aromatic heterocycles. The number of rotatable bonds is 3. The van der Waals surface area contributed by atoms with E-state index in [4.69, 9.17) is 0 Å². The van der Waals surface area contributed by atoms with Crippen molar-refractivity contribution in [1.82, 2.24) is 4.90 Å². The predicted octanol–water partition coefficient (Wildman–Crippen LogP) is 3.32. The van der Waals surface area contributed by atoms with Crippen LogP contribution in [0.15, 0.2) is 18.2 Å². The molecule has 1 aromatic rings. The molecule has 17 heavy (non-hydrogen) atoms. The molecule has 1 heterocycles. The van der Waals surface area contributed by atoms with E-state index in [0.29, 0.717) is 17.7 Å². The molecule has 1 aliphatic heterocycles. The van der Waals surface area contributed by atoms with E-state index in [-0.39, 0.29) is 0 Å². The zero-order valence-corrected chi connectivity index (χ0v) is 11.1. The van der Waals surface area contributed by atoms with E-state index in [2.05, 4.69) is 31.7 Å². The van der Waals surface area contributed by atoms with Crippen molar-refractivity contribution in [2.75, 3.05) is 6.54 Å². The summed E-state index contributed by atoms with van der Waals surface area (Å²) in [5.74, 6) is 1.13. The number of phenols is 1. The number of likely N-dealkylation sites (tertiary alicyclic amines) is 1. The highest BCUT2D eigenvalue weighted by Crippen LogP contribution is 2.28. The van der Waals surface area contributed by atoms with Crippen molar-refractivity contribution in [3.05, 3.63) is 29.3 Å². The van der Waals surface area contributed by atoms with E-state index in [1.807, 2.05) is 12.1 Å². The summed E-state index contributed by atoms with van der Waals surface area (Å²) in [6.07, 6.45) is 2.58. The molecular formula is C15H23NO. The summed E-state index contributed by atoms with van der Waals surface area (Å²) in [7, 11) is 0. The van der Waals surface area contributed by atoms with E-state index < -0.39 is 0 Å². The smallest absolute Gasteiger partial charge is 0.120 e. The van der Waals surface area contributed by atoms with Gasteiger partial charge >= 0.3 is 0 Å². The summed E-state index contributed by atoms with van der Waals surface area (Å²) in [6, 6.07) is 6.55. The van der Waals surface area contributed by atoms with Crippen LogP contribution in [0.4, 0.5) is 0 Å². The first kappa shape index (κ1) is 12.4. The van der Waals surface area contributed by atoms with Gasteiger partial charge in [-0.2, -0.15) is 0 Å².